The highest BCUT2D eigenvalue weighted by atomic mass is 16.6. The molecule has 0 amide bonds. The number of hydrogen-bond acceptors (Lipinski definition) is 3. The van der Waals surface area contributed by atoms with Gasteiger partial charge >= 0.3 is 5.97 Å². The average Bonchev–Trinajstić information content (AvgIpc) is 3.05. The molecule has 1 fully saturated rings. The van der Waals surface area contributed by atoms with Gasteiger partial charge in [0.05, 0.1) is 6.10 Å². The molecule has 0 radical (unpaired) electrons. The standard InChI is InChI=1S/C13H24O3/c1-3-5-6-7-8-9-13(14)15-10-12-11(4-2)16-12/h11-12H,3-10H2,1-2H3. The van der Waals surface area contributed by atoms with Gasteiger partial charge in [0.25, 0.3) is 0 Å². The predicted molar refractivity (Wildman–Crippen MR) is 63.3 cm³/mol. The van der Waals surface area contributed by atoms with E-state index in [9.17, 15) is 4.79 Å². The quantitative estimate of drug-likeness (QED) is 0.346. The molecule has 0 aromatic carbocycles. The summed E-state index contributed by atoms with van der Waals surface area (Å²) >= 11 is 0. The van der Waals surface area contributed by atoms with Crippen LogP contribution in [0.4, 0.5) is 0 Å². The maximum atomic E-state index is 11.3. The summed E-state index contributed by atoms with van der Waals surface area (Å²) in [6.45, 7) is 4.72. The van der Waals surface area contributed by atoms with Gasteiger partial charge in [-0.2, -0.15) is 0 Å². The molecule has 0 aromatic rings. The van der Waals surface area contributed by atoms with Crippen molar-refractivity contribution >= 4 is 5.97 Å². The highest BCUT2D eigenvalue weighted by molar-refractivity contribution is 5.69. The molecule has 3 nitrogen and oxygen atoms in total. The lowest BCUT2D eigenvalue weighted by Gasteiger charge is -2.02. The third-order valence-electron chi connectivity index (χ3n) is 2.98. The van der Waals surface area contributed by atoms with E-state index in [0.717, 1.165) is 19.3 Å². The van der Waals surface area contributed by atoms with Crippen molar-refractivity contribution in [3.63, 3.8) is 0 Å². The number of ether oxygens (including phenoxy) is 2. The van der Waals surface area contributed by atoms with Crippen molar-refractivity contribution in [2.45, 2.75) is 71.0 Å². The first-order chi connectivity index (χ1) is 7.77. The third-order valence-corrected chi connectivity index (χ3v) is 2.98. The summed E-state index contributed by atoms with van der Waals surface area (Å²) in [4.78, 5) is 11.3. The van der Waals surface area contributed by atoms with Gasteiger partial charge in [0.2, 0.25) is 0 Å². The lowest BCUT2D eigenvalue weighted by atomic mass is 10.1. The Bertz CT molecular complexity index is 203. The van der Waals surface area contributed by atoms with E-state index in [4.69, 9.17) is 9.47 Å². The van der Waals surface area contributed by atoms with Crippen molar-refractivity contribution in [2.24, 2.45) is 0 Å². The SMILES string of the molecule is CCCCCCCC(=O)OCC1OC1CC. The first-order valence-electron chi connectivity index (χ1n) is 6.59. The van der Waals surface area contributed by atoms with Crippen LogP contribution < -0.4 is 0 Å². The Morgan fingerprint density at radius 2 is 1.88 bits per heavy atom. The van der Waals surface area contributed by atoms with Crippen LogP contribution in [0.25, 0.3) is 0 Å². The summed E-state index contributed by atoms with van der Waals surface area (Å²) in [5, 5.41) is 0. The van der Waals surface area contributed by atoms with Crippen molar-refractivity contribution < 1.29 is 14.3 Å². The fraction of sp³-hybridized carbons (Fsp3) is 0.923. The number of epoxide rings is 1. The van der Waals surface area contributed by atoms with Gasteiger partial charge < -0.3 is 9.47 Å². The highest BCUT2D eigenvalue weighted by Crippen LogP contribution is 2.25. The topological polar surface area (TPSA) is 38.8 Å². The Labute approximate surface area is 98.5 Å². The lowest BCUT2D eigenvalue weighted by molar-refractivity contribution is -0.144. The highest BCUT2D eigenvalue weighted by Gasteiger charge is 2.37. The van der Waals surface area contributed by atoms with Gasteiger partial charge in [-0.3, -0.25) is 4.79 Å². The molecule has 94 valence electrons. The van der Waals surface area contributed by atoms with E-state index in [1.165, 1.54) is 19.3 Å². The van der Waals surface area contributed by atoms with Crippen LogP contribution in [0.3, 0.4) is 0 Å². The van der Waals surface area contributed by atoms with E-state index < -0.39 is 0 Å². The van der Waals surface area contributed by atoms with Gasteiger partial charge in [-0.25, -0.2) is 0 Å². The van der Waals surface area contributed by atoms with E-state index in [1.807, 2.05) is 0 Å². The Kier molecular flexibility index (Phi) is 6.46. The molecule has 0 bridgehead atoms. The molecule has 2 atom stereocenters. The fourth-order valence-corrected chi connectivity index (χ4v) is 1.81. The zero-order valence-corrected chi connectivity index (χ0v) is 10.5. The minimum absolute atomic E-state index is 0.0677. The molecule has 16 heavy (non-hydrogen) atoms. The summed E-state index contributed by atoms with van der Waals surface area (Å²) in [5.41, 5.74) is 0. The molecular weight excluding hydrogens is 204 g/mol. The number of carbonyl (C=O) groups is 1. The van der Waals surface area contributed by atoms with Gasteiger partial charge in [-0.15, -0.1) is 0 Å². The number of esters is 1. The molecule has 1 aliphatic heterocycles. The monoisotopic (exact) mass is 228 g/mol. The molecular formula is C13H24O3. The normalized spacial score (nSPS) is 23.1. The average molecular weight is 228 g/mol. The molecule has 0 aromatic heterocycles. The fourth-order valence-electron chi connectivity index (χ4n) is 1.81. The number of carbonyl (C=O) groups excluding carboxylic acids is 1. The van der Waals surface area contributed by atoms with Crippen LogP contribution in [0.5, 0.6) is 0 Å². The Balaban J connectivity index is 1.87. The van der Waals surface area contributed by atoms with Crippen molar-refractivity contribution in [3.8, 4) is 0 Å². The van der Waals surface area contributed by atoms with Crippen LogP contribution in [-0.2, 0) is 14.3 Å². The Morgan fingerprint density at radius 1 is 1.12 bits per heavy atom. The second-order valence-corrected chi connectivity index (χ2v) is 4.47. The van der Waals surface area contributed by atoms with Crippen LogP contribution >= 0.6 is 0 Å². The van der Waals surface area contributed by atoms with Crippen LogP contribution in [0.15, 0.2) is 0 Å². The van der Waals surface area contributed by atoms with Gasteiger partial charge in [0.1, 0.15) is 12.7 Å². The van der Waals surface area contributed by atoms with Crippen molar-refractivity contribution in [2.75, 3.05) is 6.61 Å². The second kappa shape index (κ2) is 7.66. The smallest absolute Gasteiger partial charge is 0.305 e. The first-order valence-corrected chi connectivity index (χ1v) is 6.59. The van der Waals surface area contributed by atoms with Crippen LogP contribution in [0.1, 0.15) is 58.8 Å². The summed E-state index contributed by atoms with van der Waals surface area (Å²) in [5.74, 6) is -0.0677. The van der Waals surface area contributed by atoms with E-state index in [1.54, 1.807) is 0 Å². The second-order valence-electron chi connectivity index (χ2n) is 4.47. The van der Waals surface area contributed by atoms with Crippen LogP contribution in [0.2, 0.25) is 0 Å². The summed E-state index contributed by atoms with van der Waals surface area (Å²) in [7, 11) is 0. The molecule has 0 aliphatic carbocycles. The van der Waals surface area contributed by atoms with Gasteiger partial charge in [0, 0.05) is 6.42 Å². The third kappa shape index (κ3) is 5.50. The molecule has 1 saturated heterocycles. The van der Waals surface area contributed by atoms with Crippen LogP contribution in [0, 0.1) is 0 Å². The largest absolute Gasteiger partial charge is 0.463 e. The summed E-state index contributed by atoms with van der Waals surface area (Å²) in [6.07, 6.45) is 7.92. The van der Waals surface area contributed by atoms with E-state index in [0.29, 0.717) is 19.1 Å². The van der Waals surface area contributed by atoms with Crippen molar-refractivity contribution in [3.05, 3.63) is 0 Å². The minimum atomic E-state index is -0.0677. The number of rotatable bonds is 9. The Hall–Kier alpha value is -0.570. The summed E-state index contributed by atoms with van der Waals surface area (Å²) in [6, 6.07) is 0. The van der Waals surface area contributed by atoms with E-state index in [2.05, 4.69) is 13.8 Å². The van der Waals surface area contributed by atoms with E-state index >= 15 is 0 Å². The molecule has 2 unspecified atom stereocenters. The molecule has 3 heteroatoms. The molecule has 0 N–H and O–H groups in total. The number of hydrogen-bond donors (Lipinski definition) is 0. The lowest BCUT2D eigenvalue weighted by Crippen LogP contribution is -2.11. The molecule has 0 spiro atoms. The van der Waals surface area contributed by atoms with E-state index in [-0.39, 0.29) is 12.1 Å². The molecule has 1 aliphatic rings. The first kappa shape index (κ1) is 13.5. The maximum Gasteiger partial charge on any atom is 0.305 e. The van der Waals surface area contributed by atoms with Gasteiger partial charge in [-0.1, -0.05) is 39.5 Å². The van der Waals surface area contributed by atoms with Crippen molar-refractivity contribution in [1.82, 2.24) is 0 Å². The zero-order valence-electron chi connectivity index (χ0n) is 10.5. The molecule has 0 saturated carbocycles. The zero-order chi connectivity index (χ0) is 11.8. The summed E-state index contributed by atoms with van der Waals surface area (Å²) < 4.78 is 10.4. The minimum Gasteiger partial charge on any atom is -0.463 e. The molecule has 1 heterocycles. The van der Waals surface area contributed by atoms with Crippen molar-refractivity contribution in [1.29, 1.82) is 0 Å². The predicted octanol–water partition coefficient (Wildman–Crippen LogP) is 3.07. The molecule has 1 rings (SSSR count). The maximum absolute atomic E-state index is 11.3. The van der Waals surface area contributed by atoms with Crippen LogP contribution in [-0.4, -0.2) is 24.8 Å². The van der Waals surface area contributed by atoms with Gasteiger partial charge in [0.15, 0.2) is 0 Å². The Morgan fingerprint density at radius 3 is 2.50 bits per heavy atom. The van der Waals surface area contributed by atoms with Gasteiger partial charge in [-0.05, 0) is 12.8 Å². The number of unbranched alkanes of at least 4 members (excludes halogenated alkanes) is 4.